The van der Waals surface area contributed by atoms with E-state index in [1.807, 2.05) is 0 Å². The number of hydrogen-bond donors (Lipinski definition) is 2. The van der Waals surface area contributed by atoms with Crippen LogP contribution in [0.3, 0.4) is 0 Å². The number of aliphatic hydroxyl groups is 1. The molecule has 0 radical (unpaired) electrons. The van der Waals surface area contributed by atoms with Crippen molar-refractivity contribution in [3.05, 3.63) is 34.1 Å². The van der Waals surface area contributed by atoms with Crippen molar-refractivity contribution in [2.24, 2.45) is 5.73 Å². The van der Waals surface area contributed by atoms with Gasteiger partial charge in [-0.3, -0.25) is 0 Å². The molecule has 1 aromatic rings. The monoisotopic (exact) mass is 305 g/mol. The predicted molar refractivity (Wildman–Crippen MR) is 68.1 cm³/mol. The van der Waals surface area contributed by atoms with E-state index in [1.54, 1.807) is 19.9 Å². The minimum absolute atomic E-state index is 0.221. The highest BCUT2D eigenvalue weighted by Gasteiger charge is 2.19. The van der Waals surface area contributed by atoms with Gasteiger partial charge in [-0.15, -0.1) is 0 Å². The molecule has 1 aromatic carbocycles. The summed E-state index contributed by atoms with van der Waals surface area (Å²) in [5.41, 5.74) is 6.28. The Morgan fingerprint density at radius 3 is 2.65 bits per heavy atom. The first kappa shape index (κ1) is 14.6. The number of benzene rings is 1. The fourth-order valence-corrected chi connectivity index (χ4v) is 1.89. The predicted octanol–water partition coefficient (Wildman–Crippen LogP) is 2.37. The van der Waals surface area contributed by atoms with Gasteiger partial charge in [0.2, 0.25) is 0 Å². The minimum Gasteiger partial charge on any atom is -0.391 e. The summed E-state index contributed by atoms with van der Waals surface area (Å²) >= 11 is 3.33. The van der Waals surface area contributed by atoms with Gasteiger partial charge < -0.3 is 15.6 Å². The lowest BCUT2D eigenvalue weighted by atomic mass is 10.1. The van der Waals surface area contributed by atoms with E-state index in [0.717, 1.165) is 4.47 Å². The average Bonchev–Trinajstić information content (AvgIpc) is 2.29. The van der Waals surface area contributed by atoms with E-state index in [1.165, 1.54) is 12.1 Å². The van der Waals surface area contributed by atoms with E-state index in [9.17, 15) is 9.50 Å². The zero-order chi connectivity index (χ0) is 13.0. The van der Waals surface area contributed by atoms with Gasteiger partial charge in [-0.2, -0.15) is 0 Å². The molecule has 3 N–H and O–H groups in total. The number of ether oxygens (including phenoxy) is 1. The van der Waals surface area contributed by atoms with Crippen molar-refractivity contribution < 1.29 is 14.2 Å². The molecule has 0 aliphatic rings. The molecule has 96 valence electrons. The van der Waals surface area contributed by atoms with Crippen molar-refractivity contribution >= 4 is 15.9 Å². The molecule has 0 aliphatic carbocycles. The third kappa shape index (κ3) is 4.03. The molecule has 0 aromatic heterocycles. The lowest BCUT2D eigenvalue weighted by Gasteiger charge is -2.24. The largest absolute Gasteiger partial charge is 0.391 e. The molecule has 0 saturated carbocycles. The second-order valence-electron chi connectivity index (χ2n) is 3.97. The first-order chi connectivity index (χ1) is 7.95. The summed E-state index contributed by atoms with van der Waals surface area (Å²) in [4.78, 5) is 0. The van der Waals surface area contributed by atoms with Crippen molar-refractivity contribution in [3.63, 3.8) is 0 Å². The maximum atomic E-state index is 13.2. The Morgan fingerprint density at radius 1 is 1.47 bits per heavy atom. The zero-order valence-corrected chi connectivity index (χ0v) is 11.4. The average molecular weight is 306 g/mol. The highest BCUT2D eigenvalue weighted by Crippen LogP contribution is 2.27. The molecular weight excluding hydrogens is 289 g/mol. The van der Waals surface area contributed by atoms with E-state index in [4.69, 9.17) is 10.5 Å². The highest BCUT2D eigenvalue weighted by atomic mass is 79.9. The second-order valence-corrected chi connectivity index (χ2v) is 4.83. The molecule has 0 bridgehead atoms. The third-order valence-electron chi connectivity index (χ3n) is 2.58. The van der Waals surface area contributed by atoms with Gasteiger partial charge in [-0.1, -0.05) is 15.9 Å². The van der Waals surface area contributed by atoms with Gasteiger partial charge in [0.15, 0.2) is 0 Å². The minimum atomic E-state index is -0.601. The molecule has 0 saturated heterocycles. The lowest BCUT2D eigenvalue weighted by Crippen LogP contribution is -2.28. The number of rotatable bonds is 5. The van der Waals surface area contributed by atoms with Gasteiger partial charge in [-0.05, 0) is 37.6 Å². The van der Waals surface area contributed by atoms with Crippen LogP contribution in [0, 0.1) is 5.82 Å². The topological polar surface area (TPSA) is 55.5 Å². The molecule has 5 heteroatoms. The van der Waals surface area contributed by atoms with E-state index in [-0.39, 0.29) is 18.5 Å². The number of nitrogens with two attached hydrogens (primary N) is 1. The van der Waals surface area contributed by atoms with E-state index < -0.39 is 12.2 Å². The van der Waals surface area contributed by atoms with Crippen LogP contribution in [-0.4, -0.2) is 23.9 Å². The van der Waals surface area contributed by atoms with E-state index in [0.29, 0.717) is 5.56 Å². The van der Waals surface area contributed by atoms with Crippen LogP contribution in [0.4, 0.5) is 4.39 Å². The van der Waals surface area contributed by atoms with Crippen LogP contribution in [0.1, 0.15) is 25.5 Å². The zero-order valence-electron chi connectivity index (χ0n) is 9.86. The Morgan fingerprint density at radius 2 is 2.12 bits per heavy atom. The molecule has 0 spiro atoms. The van der Waals surface area contributed by atoms with Crippen molar-refractivity contribution in [1.29, 1.82) is 0 Å². The van der Waals surface area contributed by atoms with Crippen LogP contribution >= 0.6 is 15.9 Å². The van der Waals surface area contributed by atoms with Crippen LogP contribution in [0.5, 0.6) is 0 Å². The van der Waals surface area contributed by atoms with Crippen molar-refractivity contribution in [2.45, 2.75) is 32.2 Å². The van der Waals surface area contributed by atoms with Gasteiger partial charge in [0.05, 0.1) is 18.3 Å². The lowest BCUT2D eigenvalue weighted by molar-refractivity contribution is -0.0594. The van der Waals surface area contributed by atoms with Crippen molar-refractivity contribution in [3.8, 4) is 0 Å². The molecule has 0 fully saturated rings. The van der Waals surface area contributed by atoms with Gasteiger partial charge >= 0.3 is 0 Å². The Labute approximate surface area is 109 Å². The maximum absolute atomic E-state index is 13.2. The van der Waals surface area contributed by atoms with E-state index >= 15 is 0 Å². The van der Waals surface area contributed by atoms with Gasteiger partial charge in [0, 0.05) is 11.0 Å². The van der Waals surface area contributed by atoms with Crippen LogP contribution in [-0.2, 0) is 4.74 Å². The van der Waals surface area contributed by atoms with Crippen molar-refractivity contribution in [2.75, 3.05) is 6.54 Å². The van der Waals surface area contributed by atoms with Gasteiger partial charge in [0.1, 0.15) is 5.82 Å². The fraction of sp³-hybridized carbons (Fsp3) is 0.500. The molecular formula is C12H17BrFNO2. The Balaban J connectivity index is 2.89. The Hall–Kier alpha value is -0.490. The van der Waals surface area contributed by atoms with Gasteiger partial charge in [-0.25, -0.2) is 4.39 Å². The number of halogens is 2. The maximum Gasteiger partial charge on any atom is 0.123 e. The number of aliphatic hydroxyl groups excluding tert-OH is 1. The number of hydrogen-bond acceptors (Lipinski definition) is 3. The quantitative estimate of drug-likeness (QED) is 0.878. The Bertz CT molecular complexity index is 374. The third-order valence-corrected chi connectivity index (χ3v) is 3.30. The molecule has 17 heavy (non-hydrogen) atoms. The summed E-state index contributed by atoms with van der Waals surface area (Å²) in [5.74, 6) is -0.338. The summed E-state index contributed by atoms with van der Waals surface area (Å²) in [7, 11) is 0. The smallest absolute Gasteiger partial charge is 0.123 e. The van der Waals surface area contributed by atoms with E-state index in [2.05, 4.69) is 15.9 Å². The standard InChI is InChI=1S/C12H17BrFNO2/c1-7(16)8(2)17-12(6-15)10-5-9(14)3-4-11(10)13/h3-5,7-8,12,16H,6,15H2,1-2H3. The molecule has 3 nitrogen and oxygen atoms in total. The molecule has 3 unspecified atom stereocenters. The first-order valence-corrected chi connectivity index (χ1v) is 6.23. The van der Waals surface area contributed by atoms with Crippen LogP contribution in [0.25, 0.3) is 0 Å². The molecule has 0 heterocycles. The highest BCUT2D eigenvalue weighted by molar-refractivity contribution is 9.10. The summed E-state index contributed by atoms with van der Waals surface area (Å²) < 4.78 is 19.5. The fourth-order valence-electron chi connectivity index (χ4n) is 1.39. The summed E-state index contributed by atoms with van der Waals surface area (Å²) in [6.07, 6.45) is -1.40. The SMILES string of the molecule is CC(O)C(C)OC(CN)c1cc(F)ccc1Br. The molecule has 0 aliphatic heterocycles. The first-order valence-electron chi connectivity index (χ1n) is 5.44. The molecule has 3 atom stereocenters. The normalized spacial score (nSPS) is 16.6. The summed E-state index contributed by atoms with van der Waals surface area (Å²) in [6, 6.07) is 4.36. The molecule has 0 amide bonds. The Kier molecular flexibility index (Phi) is 5.52. The van der Waals surface area contributed by atoms with Crippen LogP contribution < -0.4 is 5.73 Å². The van der Waals surface area contributed by atoms with Gasteiger partial charge in [0.25, 0.3) is 0 Å². The van der Waals surface area contributed by atoms with Crippen molar-refractivity contribution in [1.82, 2.24) is 0 Å². The summed E-state index contributed by atoms with van der Waals surface area (Å²) in [6.45, 7) is 3.61. The second kappa shape index (κ2) is 6.44. The molecule has 1 rings (SSSR count). The summed E-state index contributed by atoms with van der Waals surface area (Å²) in [5, 5.41) is 9.38. The van der Waals surface area contributed by atoms with Crippen LogP contribution in [0.15, 0.2) is 22.7 Å². The van der Waals surface area contributed by atoms with Crippen LogP contribution in [0.2, 0.25) is 0 Å².